The molecule has 1 amide bonds. The van der Waals surface area contributed by atoms with E-state index in [2.05, 4.69) is 0 Å². The van der Waals surface area contributed by atoms with E-state index in [1.54, 1.807) is 7.05 Å². The van der Waals surface area contributed by atoms with Gasteiger partial charge >= 0.3 is 0 Å². The van der Waals surface area contributed by atoms with Gasteiger partial charge < -0.3 is 4.90 Å². The Kier molecular flexibility index (Phi) is 5.24. The summed E-state index contributed by atoms with van der Waals surface area (Å²) in [4.78, 5) is 13.6. The first-order chi connectivity index (χ1) is 8.68. The summed E-state index contributed by atoms with van der Waals surface area (Å²) in [5.74, 6) is -0.332. The van der Waals surface area contributed by atoms with E-state index in [-0.39, 0.29) is 27.4 Å². The minimum Gasteiger partial charge on any atom is -0.339 e. The van der Waals surface area contributed by atoms with Gasteiger partial charge in [0, 0.05) is 23.8 Å². The van der Waals surface area contributed by atoms with Gasteiger partial charge in [-0.25, -0.2) is 8.42 Å². The third-order valence-corrected chi connectivity index (χ3v) is 4.70. The molecule has 0 radical (unpaired) electrons. The lowest BCUT2D eigenvalue weighted by molar-refractivity contribution is 0.0740. The van der Waals surface area contributed by atoms with Crippen LogP contribution in [0.5, 0.6) is 0 Å². The molecule has 1 aromatic rings. The molecule has 0 aliphatic heterocycles. The number of nitrogens with zero attached hydrogens (tertiary/aromatic N) is 1. The van der Waals surface area contributed by atoms with Crippen LogP contribution in [0, 0.1) is 0 Å². The number of rotatable bonds is 4. The molecule has 1 unspecified atom stereocenters. The minimum absolute atomic E-state index is 0.0276. The first-order valence-electron chi connectivity index (χ1n) is 5.69. The molecule has 0 aliphatic carbocycles. The Hall–Kier alpha value is -0.780. The lowest BCUT2D eigenvalue weighted by Crippen LogP contribution is -2.34. The molecular formula is C12H15Cl2NO3S. The highest BCUT2D eigenvalue weighted by Crippen LogP contribution is 2.24. The van der Waals surface area contributed by atoms with Crippen LogP contribution < -0.4 is 0 Å². The molecule has 1 atom stereocenters. The first kappa shape index (κ1) is 16.3. The highest BCUT2D eigenvalue weighted by molar-refractivity contribution is 8.13. The maximum Gasteiger partial charge on any atom is 0.261 e. The molecular weight excluding hydrogens is 309 g/mol. The Bertz CT molecular complexity index is 587. The highest BCUT2D eigenvalue weighted by atomic mass is 35.7. The van der Waals surface area contributed by atoms with Crippen LogP contribution in [0.15, 0.2) is 23.1 Å². The fraction of sp³-hybridized carbons (Fsp3) is 0.417. The van der Waals surface area contributed by atoms with Crippen LogP contribution in [0.3, 0.4) is 0 Å². The number of benzene rings is 1. The Labute approximate surface area is 122 Å². The van der Waals surface area contributed by atoms with Crippen LogP contribution in [0.4, 0.5) is 0 Å². The van der Waals surface area contributed by atoms with Gasteiger partial charge in [-0.2, -0.15) is 0 Å². The molecule has 1 rings (SSSR count). The van der Waals surface area contributed by atoms with Gasteiger partial charge in [0.2, 0.25) is 0 Å². The predicted octanol–water partition coefficient (Wildman–Crippen LogP) is 3.14. The van der Waals surface area contributed by atoms with Crippen LogP contribution in [0.2, 0.25) is 5.02 Å². The third kappa shape index (κ3) is 3.84. The Morgan fingerprint density at radius 2 is 2.00 bits per heavy atom. The van der Waals surface area contributed by atoms with Crippen molar-refractivity contribution < 1.29 is 13.2 Å². The third-order valence-electron chi connectivity index (χ3n) is 3.02. The lowest BCUT2D eigenvalue weighted by Gasteiger charge is -2.24. The van der Waals surface area contributed by atoms with Crippen molar-refractivity contribution in [1.82, 2.24) is 4.90 Å². The van der Waals surface area contributed by atoms with Gasteiger partial charge in [0.1, 0.15) is 0 Å². The summed E-state index contributed by atoms with van der Waals surface area (Å²) < 4.78 is 22.6. The van der Waals surface area contributed by atoms with Crippen LogP contribution in [0.25, 0.3) is 0 Å². The van der Waals surface area contributed by atoms with Gasteiger partial charge in [-0.05, 0) is 31.5 Å². The second-order valence-corrected chi connectivity index (χ2v) is 7.23. The summed E-state index contributed by atoms with van der Waals surface area (Å²) in [6.07, 6.45) is 0.785. The van der Waals surface area contributed by atoms with Gasteiger partial charge in [-0.15, -0.1) is 0 Å². The Morgan fingerprint density at radius 3 is 2.47 bits per heavy atom. The number of hydrogen-bond acceptors (Lipinski definition) is 3. The van der Waals surface area contributed by atoms with Gasteiger partial charge in [-0.3, -0.25) is 4.79 Å². The average Bonchev–Trinajstić information content (AvgIpc) is 2.35. The quantitative estimate of drug-likeness (QED) is 0.800. The standard InChI is InChI=1S/C12H15Cl2NO3S/c1-4-8(2)15(3)12(16)10-7-9(19(14,17)18)5-6-11(10)13/h5-8H,4H2,1-3H3. The fourth-order valence-electron chi connectivity index (χ4n) is 1.48. The van der Waals surface area contributed by atoms with E-state index >= 15 is 0 Å². The van der Waals surface area contributed by atoms with Crippen molar-refractivity contribution in [3.8, 4) is 0 Å². The summed E-state index contributed by atoms with van der Waals surface area (Å²) >= 11 is 5.95. The number of halogens is 2. The van der Waals surface area contributed by atoms with E-state index in [4.69, 9.17) is 22.3 Å². The monoisotopic (exact) mass is 323 g/mol. The van der Waals surface area contributed by atoms with Crippen LogP contribution in [-0.2, 0) is 9.05 Å². The van der Waals surface area contributed by atoms with Crippen molar-refractivity contribution in [1.29, 1.82) is 0 Å². The van der Waals surface area contributed by atoms with Crippen molar-refractivity contribution in [3.05, 3.63) is 28.8 Å². The molecule has 0 spiro atoms. The first-order valence-corrected chi connectivity index (χ1v) is 8.38. The van der Waals surface area contributed by atoms with Gasteiger partial charge in [0.05, 0.1) is 15.5 Å². The van der Waals surface area contributed by atoms with Crippen molar-refractivity contribution >= 4 is 37.2 Å². The van der Waals surface area contributed by atoms with Crippen molar-refractivity contribution in [3.63, 3.8) is 0 Å². The molecule has 0 bridgehead atoms. The zero-order valence-electron chi connectivity index (χ0n) is 10.9. The number of hydrogen-bond donors (Lipinski definition) is 0. The number of carbonyl (C=O) groups is 1. The average molecular weight is 324 g/mol. The van der Waals surface area contributed by atoms with Crippen LogP contribution in [-0.4, -0.2) is 32.3 Å². The largest absolute Gasteiger partial charge is 0.339 e. The molecule has 0 heterocycles. The number of carbonyl (C=O) groups excluding carboxylic acids is 1. The van der Waals surface area contributed by atoms with Crippen LogP contribution in [0.1, 0.15) is 30.6 Å². The molecule has 0 saturated carbocycles. The van der Waals surface area contributed by atoms with E-state index in [0.29, 0.717) is 0 Å². The molecule has 106 valence electrons. The van der Waals surface area contributed by atoms with Crippen LogP contribution >= 0.6 is 22.3 Å². The SMILES string of the molecule is CCC(C)N(C)C(=O)c1cc(S(=O)(=O)Cl)ccc1Cl. The molecule has 0 N–H and O–H groups in total. The second kappa shape index (κ2) is 6.11. The summed E-state index contributed by atoms with van der Waals surface area (Å²) in [5, 5.41) is 0.198. The molecule has 4 nitrogen and oxygen atoms in total. The Balaban J connectivity index is 3.24. The summed E-state index contributed by atoms with van der Waals surface area (Å²) in [6, 6.07) is 3.85. The second-order valence-electron chi connectivity index (χ2n) is 4.25. The number of amides is 1. The van der Waals surface area contributed by atoms with Gasteiger partial charge in [-0.1, -0.05) is 18.5 Å². The molecule has 0 aromatic heterocycles. The zero-order chi connectivity index (χ0) is 14.8. The fourth-order valence-corrected chi connectivity index (χ4v) is 2.46. The predicted molar refractivity (Wildman–Crippen MR) is 76.3 cm³/mol. The molecule has 0 saturated heterocycles. The topological polar surface area (TPSA) is 54.5 Å². The van der Waals surface area contributed by atoms with Gasteiger partial charge in [0.15, 0.2) is 0 Å². The lowest BCUT2D eigenvalue weighted by atomic mass is 10.1. The van der Waals surface area contributed by atoms with E-state index in [1.165, 1.54) is 23.1 Å². The molecule has 7 heteroatoms. The van der Waals surface area contributed by atoms with E-state index in [0.717, 1.165) is 6.42 Å². The summed E-state index contributed by atoms with van der Waals surface area (Å²) in [6.45, 7) is 3.85. The molecule has 19 heavy (non-hydrogen) atoms. The molecule has 1 aromatic carbocycles. The van der Waals surface area contributed by atoms with E-state index < -0.39 is 9.05 Å². The summed E-state index contributed by atoms with van der Waals surface area (Å²) in [7, 11) is 3.02. The normalized spacial score (nSPS) is 13.1. The minimum atomic E-state index is -3.88. The van der Waals surface area contributed by atoms with Crippen molar-refractivity contribution in [2.45, 2.75) is 31.2 Å². The maximum absolute atomic E-state index is 12.2. The Morgan fingerprint density at radius 1 is 1.42 bits per heavy atom. The molecule has 0 aliphatic rings. The zero-order valence-corrected chi connectivity index (χ0v) is 13.2. The smallest absolute Gasteiger partial charge is 0.261 e. The van der Waals surface area contributed by atoms with E-state index in [9.17, 15) is 13.2 Å². The maximum atomic E-state index is 12.2. The summed E-state index contributed by atoms with van der Waals surface area (Å²) in [5.41, 5.74) is 0.131. The van der Waals surface area contributed by atoms with Gasteiger partial charge in [0.25, 0.3) is 15.0 Å². The van der Waals surface area contributed by atoms with Crippen molar-refractivity contribution in [2.24, 2.45) is 0 Å². The van der Waals surface area contributed by atoms with E-state index in [1.807, 2.05) is 13.8 Å². The highest BCUT2D eigenvalue weighted by Gasteiger charge is 2.21. The molecule has 0 fully saturated rings. The van der Waals surface area contributed by atoms with Crippen molar-refractivity contribution in [2.75, 3.05) is 7.05 Å².